The van der Waals surface area contributed by atoms with Crippen LogP contribution >= 0.6 is 0 Å². The van der Waals surface area contributed by atoms with Gasteiger partial charge in [-0.2, -0.15) is 0 Å². The van der Waals surface area contributed by atoms with Gasteiger partial charge in [-0.3, -0.25) is 9.59 Å². The fraction of sp³-hybridized carbons (Fsp3) is 0.444. The molecule has 182 valence electrons. The molecule has 1 aromatic heterocycles. The van der Waals surface area contributed by atoms with Crippen LogP contribution in [0.4, 0.5) is 4.39 Å². The molecular formula is C27H35FN4O2. The van der Waals surface area contributed by atoms with Crippen molar-refractivity contribution < 1.29 is 14.0 Å². The average molecular weight is 467 g/mol. The molecule has 7 heteroatoms. The monoisotopic (exact) mass is 466 g/mol. The van der Waals surface area contributed by atoms with E-state index in [0.29, 0.717) is 31.2 Å². The molecule has 6 nitrogen and oxygen atoms in total. The number of para-hydroxylation sites is 2. The number of halogens is 1. The number of fused-ring (bicyclic) bond motifs is 1. The maximum atomic E-state index is 13.8. The van der Waals surface area contributed by atoms with Crippen LogP contribution in [0, 0.1) is 17.7 Å². The van der Waals surface area contributed by atoms with Gasteiger partial charge in [-0.25, -0.2) is 9.37 Å². The molecule has 2 aromatic carbocycles. The predicted octanol–water partition coefficient (Wildman–Crippen LogP) is 4.68. The van der Waals surface area contributed by atoms with Gasteiger partial charge < -0.3 is 14.8 Å². The first-order chi connectivity index (χ1) is 16.3. The van der Waals surface area contributed by atoms with Crippen LogP contribution in [0.2, 0.25) is 0 Å². The van der Waals surface area contributed by atoms with E-state index in [1.807, 2.05) is 33.7 Å². The molecule has 0 aliphatic heterocycles. The highest BCUT2D eigenvalue weighted by atomic mass is 19.1. The van der Waals surface area contributed by atoms with Crippen LogP contribution in [0.25, 0.3) is 11.0 Å². The van der Waals surface area contributed by atoms with Gasteiger partial charge in [0.15, 0.2) is 0 Å². The summed E-state index contributed by atoms with van der Waals surface area (Å²) >= 11 is 0. The van der Waals surface area contributed by atoms with Crippen LogP contribution in [-0.2, 0) is 17.8 Å². The lowest BCUT2D eigenvalue weighted by Crippen LogP contribution is -2.39. The summed E-state index contributed by atoms with van der Waals surface area (Å²) < 4.78 is 15.8. The van der Waals surface area contributed by atoms with Crippen LogP contribution in [0.1, 0.15) is 50.3 Å². The lowest BCUT2D eigenvalue weighted by atomic mass is 10.1. The minimum absolute atomic E-state index is 0.0377. The van der Waals surface area contributed by atoms with E-state index in [1.165, 1.54) is 12.1 Å². The smallest absolute Gasteiger partial charge is 0.254 e. The van der Waals surface area contributed by atoms with Gasteiger partial charge in [0.25, 0.3) is 5.91 Å². The maximum Gasteiger partial charge on any atom is 0.254 e. The highest BCUT2D eigenvalue weighted by Gasteiger charge is 2.20. The Bertz CT molecular complexity index is 1110. The van der Waals surface area contributed by atoms with E-state index in [2.05, 4.69) is 33.0 Å². The van der Waals surface area contributed by atoms with Crippen molar-refractivity contribution in [1.29, 1.82) is 0 Å². The normalized spacial score (nSPS) is 11.4. The molecule has 2 amide bonds. The van der Waals surface area contributed by atoms with Gasteiger partial charge in [-0.05, 0) is 42.5 Å². The third-order valence-corrected chi connectivity index (χ3v) is 5.53. The van der Waals surface area contributed by atoms with Crippen molar-refractivity contribution in [3.63, 3.8) is 0 Å². The molecule has 0 spiro atoms. The minimum Gasteiger partial charge on any atom is -0.352 e. The number of carbonyl (C=O) groups is 2. The second-order valence-electron chi connectivity index (χ2n) is 9.53. The van der Waals surface area contributed by atoms with Gasteiger partial charge in [0, 0.05) is 26.1 Å². The van der Waals surface area contributed by atoms with E-state index in [1.54, 1.807) is 12.1 Å². The third kappa shape index (κ3) is 6.65. The summed E-state index contributed by atoms with van der Waals surface area (Å²) in [7, 11) is 0. The first-order valence-corrected chi connectivity index (χ1v) is 12.0. The standard InChI is InChI=1S/C27H35FN4O2/c1-19(2)16-31(17-20(3)4)26(33)18-32-24-13-8-7-12-23(24)30-25(32)14-9-15-29-27(34)21-10-5-6-11-22(21)28/h5-8,10-13,19-20H,9,14-18H2,1-4H3,(H,29,34). The van der Waals surface area contributed by atoms with Gasteiger partial charge in [-0.15, -0.1) is 0 Å². The molecule has 1 heterocycles. The Kier molecular flexibility index (Phi) is 8.79. The number of amides is 2. The fourth-order valence-electron chi connectivity index (χ4n) is 4.08. The number of imidazole rings is 1. The fourth-order valence-corrected chi connectivity index (χ4v) is 4.08. The van der Waals surface area contributed by atoms with Gasteiger partial charge in [-0.1, -0.05) is 52.0 Å². The zero-order valence-corrected chi connectivity index (χ0v) is 20.6. The van der Waals surface area contributed by atoms with Gasteiger partial charge in [0.2, 0.25) is 5.91 Å². The number of nitrogens with zero attached hydrogens (tertiary/aromatic N) is 3. The van der Waals surface area contributed by atoms with Crippen LogP contribution in [-0.4, -0.2) is 45.9 Å². The van der Waals surface area contributed by atoms with E-state index in [-0.39, 0.29) is 18.0 Å². The molecule has 3 aromatic rings. The second-order valence-corrected chi connectivity index (χ2v) is 9.53. The number of hydrogen-bond acceptors (Lipinski definition) is 3. The molecule has 0 saturated carbocycles. The molecular weight excluding hydrogens is 431 g/mol. The summed E-state index contributed by atoms with van der Waals surface area (Å²) in [5.41, 5.74) is 1.81. The van der Waals surface area contributed by atoms with Gasteiger partial charge >= 0.3 is 0 Å². The molecule has 0 aliphatic carbocycles. The highest BCUT2D eigenvalue weighted by Crippen LogP contribution is 2.18. The van der Waals surface area contributed by atoms with Crippen molar-refractivity contribution in [3.05, 3.63) is 65.7 Å². The second kappa shape index (κ2) is 11.8. The Labute approximate surface area is 201 Å². The van der Waals surface area contributed by atoms with E-state index >= 15 is 0 Å². The molecule has 0 atom stereocenters. The molecule has 0 fully saturated rings. The zero-order valence-electron chi connectivity index (χ0n) is 20.6. The summed E-state index contributed by atoms with van der Waals surface area (Å²) in [5, 5.41) is 2.77. The van der Waals surface area contributed by atoms with Crippen molar-refractivity contribution in [2.75, 3.05) is 19.6 Å². The molecule has 0 radical (unpaired) electrons. The molecule has 1 N–H and O–H groups in total. The minimum atomic E-state index is -0.535. The van der Waals surface area contributed by atoms with Gasteiger partial charge in [0.05, 0.1) is 16.6 Å². The molecule has 34 heavy (non-hydrogen) atoms. The summed E-state index contributed by atoms with van der Waals surface area (Å²) in [6.07, 6.45) is 1.22. The van der Waals surface area contributed by atoms with Crippen LogP contribution in [0.5, 0.6) is 0 Å². The number of carbonyl (C=O) groups excluding carboxylic acids is 2. The number of nitrogens with one attached hydrogen (secondary N) is 1. The average Bonchev–Trinajstić information content (AvgIpc) is 3.13. The summed E-state index contributed by atoms with van der Waals surface area (Å²) in [5.74, 6) is 0.704. The highest BCUT2D eigenvalue weighted by molar-refractivity contribution is 5.94. The maximum absolute atomic E-state index is 13.8. The van der Waals surface area contributed by atoms with E-state index in [0.717, 1.165) is 29.9 Å². The number of benzene rings is 2. The predicted molar refractivity (Wildman–Crippen MR) is 133 cm³/mol. The molecule has 0 bridgehead atoms. The van der Waals surface area contributed by atoms with Crippen LogP contribution in [0.15, 0.2) is 48.5 Å². The lowest BCUT2D eigenvalue weighted by Gasteiger charge is -2.27. The van der Waals surface area contributed by atoms with Crippen molar-refractivity contribution in [3.8, 4) is 0 Å². The van der Waals surface area contributed by atoms with E-state index in [4.69, 9.17) is 4.98 Å². The molecule has 0 saturated heterocycles. The molecule has 0 aliphatic rings. The van der Waals surface area contributed by atoms with Crippen molar-refractivity contribution in [2.24, 2.45) is 11.8 Å². The Morgan fingerprint density at radius 3 is 2.32 bits per heavy atom. The SMILES string of the molecule is CC(C)CN(CC(C)C)C(=O)Cn1c(CCCNC(=O)c2ccccc2F)nc2ccccc21. The Hall–Kier alpha value is -3.22. The van der Waals surface area contributed by atoms with E-state index < -0.39 is 11.7 Å². The number of aryl methyl sites for hydroxylation is 1. The first-order valence-electron chi connectivity index (χ1n) is 12.0. The quantitative estimate of drug-likeness (QED) is 0.417. The number of rotatable bonds is 11. The Morgan fingerprint density at radius 2 is 1.65 bits per heavy atom. The summed E-state index contributed by atoms with van der Waals surface area (Å²) in [4.78, 5) is 32.2. The van der Waals surface area contributed by atoms with Gasteiger partial charge in [0.1, 0.15) is 18.2 Å². The number of aromatic nitrogens is 2. The largest absolute Gasteiger partial charge is 0.352 e. The van der Waals surface area contributed by atoms with Crippen molar-refractivity contribution in [2.45, 2.75) is 47.1 Å². The van der Waals surface area contributed by atoms with Crippen LogP contribution in [0.3, 0.4) is 0 Å². The zero-order chi connectivity index (χ0) is 24.7. The Balaban J connectivity index is 1.70. The summed E-state index contributed by atoms with van der Waals surface area (Å²) in [6.45, 7) is 10.5. The van der Waals surface area contributed by atoms with E-state index in [9.17, 15) is 14.0 Å². The van der Waals surface area contributed by atoms with Crippen LogP contribution < -0.4 is 5.32 Å². The summed E-state index contributed by atoms with van der Waals surface area (Å²) in [6, 6.07) is 13.7. The van der Waals surface area contributed by atoms with Crippen molar-refractivity contribution >= 4 is 22.8 Å². The topological polar surface area (TPSA) is 67.2 Å². The first kappa shape index (κ1) is 25.4. The molecule has 3 rings (SSSR count). The Morgan fingerprint density at radius 1 is 1.00 bits per heavy atom. The van der Waals surface area contributed by atoms with Crippen molar-refractivity contribution in [1.82, 2.24) is 19.8 Å². The third-order valence-electron chi connectivity index (χ3n) is 5.53. The number of hydrogen-bond donors (Lipinski definition) is 1. The molecule has 0 unspecified atom stereocenters. The lowest BCUT2D eigenvalue weighted by molar-refractivity contribution is -0.132.